The van der Waals surface area contributed by atoms with Crippen LogP contribution in [-0.2, 0) is 11.3 Å². The van der Waals surface area contributed by atoms with Crippen molar-refractivity contribution in [1.29, 1.82) is 0 Å². The highest BCUT2D eigenvalue weighted by molar-refractivity contribution is 6.04. The summed E-state index contributed by atoms with van der Waals surface area (Å²) in [7, 11) is 1.69. The number of hydrogen-bond acceptors (Lipinski definition) is 4. The van der Waals surface area contributed by atoms with Gasteiger partial charge >= 0.3 is 0 Å². The Morgan fingerprint density at radius 2 is 2.19 bits per heavy atom. The minimum absolute atomic E-state index is 0.608. The molecule has 0 fully saturated rings. The van der Waals surface area contributed by atoms with Gasteiger partial charge in [0.05, 0.1) is 12.3 Å². The predicted molar refractivity (Wildman–Crippen MR) is 64.5 cm³/mol. The van der Waals surface area contributed by atoms with Gasteiger partial charge in [0.15, 0.2) is 0 Å². The molecule has 1 aromatic carbocycles. The van der Waals surface area contributed by atoms with E-state index in [0.29, 0.717) is 12.4 Å². The van der Waals surface area contributed by atoms with E-state index in [9.17, 15) is 0 Å². The molecule has 1 aliphatic heterocycles. The highest BCUT2D eigenvalue weighted by Gasteiger charge is 2.09. The number of hydrogen-bond donors (Lipinski definition) is 1. The smallest absolute Gasteiger partial charge is 0.122 e. The second-order valence-corrected chi connectivity index (χ2v) is 3.77. The van der Waals surface area contributed by atoms with Crippen molar-refractivity contribution in [1.82, 2.24) is 0 Å². The number of amidine groups is 1. The van der Waals surface area contributed by atoms with Crippen molar-refractivity contribution in [2.75, 3.05) is 7.11 Å². The molecule has 0 bridgehead atoms. The molecule has 4 nitrogen and oxygen atoms in total. The number of nitrogens with two attached hydrogens (primary N) is 1. The van der Waals surface area contributed by atoms with Crippen LogP contribution in [0.3, 0.4) is 0 Å². The van der Waals surface area contributed by atoms with Crippen LogP contribution in [0.5, 0.6) is 0 Å². The second-order valence-electron chi connectivity index (χ2n) is 3.77. The molecule has 0 aromatic heterocycles. The van der Waals surface area contributed by atoms with Gasteiger partial charge in [0.1, 0.15) is 5.84 Å². The average Bonchev–Trinajstić information content (AvgIpc) is 2.31. The van der Waals surface area contributed by atoms with E-state index in [2.05, 4.69) is 16.3 Å². The van der Waals surface area contributed by atoms with Crippen molar-refractivity contribution in [3.63, 3.8) is 0 Å². The zero-order valence-electron chi connectivity index (χ0n) is 9.31. The van der Waals surface area contributed by atoms with E-state index < -0.39 is 0 Å². The summed E-state index contributed by atoms with van der Waals surface area (Å²) < 4.78 is 5.10. The summed E-state index contributed by atoms with van der Waals surface area (Å²) in [6.07, 6.45) is 1.64. The van der Waals surface area contributed by atoms with Crippen LogP contribution < -0.4 is 5.73 Å². The van der Waals surface area contributed by atoms with Crippen molar-refractivity contribution in [3.8, 4) is 0 Å². The first-order chi connectivity index (χ1) is 7.79. The maximum atomic E-state index is 5.58. The maximum Gasteiger partial charge on any atom is 0.122 e. The number of ether oxygens (including phenoxy) is 1. The molecular weight excluding hydrogens is 202 g/mol. The Kier molecular flexibility index (Phi) is 3.31. The first-order valence-corrected chi connectivity index (χ1v) is 5.26. The minimum atomic E-state index is 0.608. The van der Waals surface area contributed by atoms with Crippen LogP contribution in [0.25, 0.3) is 0 Å². The number of methoxy groups -OCH3 is 1. The molecule has 2 rings (SSSR count). The van der Waals surface area contributed by atoms with Gasteiger partial charge in [0.2, 0.25) is 0 Å². The third-order valence-corrected chi connectivity index (χ3v) is 2.49. The molecule has 0 atom stereocenters. The number of nitrogens with zero attached hydrogens (tertiary/aromatic N) is 2. The fourth-order valence-corrected chi connectivity index (χ4v) is 1.68. The Balaban J connectivity index is 2.24. The van der Waals surface area contributed by atoms with Crippen molar-refractivity contribution < 1.29 is 4.74 Å². The molecule has 1 aromatic rings. The lowest BCUT2D eigenvalue weighted by Crippen LogP contribution is -2.17. The van der Waals surface area contributed by atoms with E-state index in [1.165, 1.54) is 0 Å². The Labute approximate surface area is 94.8 Å². The Hall–Kier alpha value is -1.68. The zero-order valence-corrected chi connectivity index (χ0v) is 9.31. The molecule has 16 heavy (non-hydrogen) atoms. The molecule has 2 N–H and O–H groups in total. The van der Waals surface area contributed by atoms with E-state index in [-0.39, 0.29) is 0 Å². The topological polar surface area (TPSA) is 60.0 Å². The van der Waals surface area contributed by atoms with Crippen LogP contribution in [0, 0.1) is 0 Å². The lowest BCUT2D eigenvalue weighted by Gasteiger charge is -2.10. The normalized spacial score (nSPS) is 15.6. The Bertz CT molecular complexity index is 438. The predicted octanol–water partition coefficient (Wildman–Crippen LogP) is 1.69. The number of benzene rings is 1. The highest BCUT2D eigenvalue weighted by Crippen LogP contribution is 2.13. The van der Waals surface area contributed by atoms with E-state index in [1.807, 2.05) is 18.2 Å². The molecule has 84 valence electrons. The summed E-state index contributed by atoms with van der Waals surface area (Å²) in [5, 5.41) is 8.04. The van der Waals surface area contributed by atoms with Gasteiger partial charge in [-0.2, -0.15) is 5.10 Å². The quantitative estimate of drug-likeness (QED) is 0.837. The third-order valence-electron chi connectivity index (χ3n) is 2.49. The summed E-state index contributed by atoms with van der Waals surface area (Å²) in [6.45, 7) is 0.618. The van der Waals surface area contributed by atoms with Gasteiger partial charge in [0.25, 0.3) is 0 Å². The summed E-state index contributed by atoms with van der Waals surface area (Å²) >= 11 is 0. The zero-order chi connectivity index (χ0) is 11.4. The third kappa shape index (κ3) is 2.46. The van der Waals surface area contributed by atoms with Gasteiger partial charge in [0, 0.05) is 13.5 Å². The molecule has 0 saturated carbocycles. The molecule has 0 radical (unpaired) electrons. The molecule has 0 unspecified atom stereocenters. The van der Waals surface area contributed by atoms with Gasteiger partial charge in [-0.1, -0.05) is 18.2 Å². The SMILES string of the molecule is COCc1cccc(C2=NN=C(N)CC2)c1. The van der Waals surface area contributed by atoms with E-state index in [1.54, 1.807) is 7.11 Å². The van der Waals surface area contributed by atoms with Crippen LogP contribution in [0.2, 0.25) is 0 Å². The lowest BCUT2D eigenvalue weighted by atomic mass is 10.0. The van der Waals surface area contributed by atoms with Crippen molar-refractivity contribution in [2.45, 2.75) is 19.4 Å². The lowest BCUT2D eigenvalue weighted by molar-refractivity contribution is 0.185. The molecule has 0 aliphatic carbocycles. The van der Waals surface area contributed by atoms with Crippen LogP contribution >= 0.6 is 0 Å². The van der Waals surface area contributed by atoms with E-state index >= 15 is 0 Å². The number of rotatable bonds is 3. The van der Waals surface area contributed by atoms with Gasteiger partial charge in [-0.3, -0.25) is 0 Å². The Morgan fingerprint density at radius 3 is 2.88 bits per heavy atom. The first-order valence-electron chi connectivity index (χ1n) is 5.26. The van der Waals surface area contributed by atoms with Crippen molar-refractivity contribution in [2.24, 2.45) is 15.9 Å². The summed E-state index contributed by atoms with van der Waals surface area (Å²) in [4.78, 5) is 0. The van der Waals surface area contributed by atoms with Gasteiger partial charge < -0.3 is 10.5 Å². The standard InChI is InChI=1S/C12H15N3O/c1-16-8-9-3-2-4-10(7-9)11-5-6-12(13)15-14-11/h2-4,7H,5-6,8H2,1H3,(H2,13,15). The summed E-state index contributed by atoms with van der Waals surface area (Å²) in [5.41, 5.74) is 8.81. The minimum Gasteiger partial charge on any atom is -0.386 e. The summed E-state index contributed by atoms with van der Waals surface area (Å²) in [5.74, 6) is 0.608. The molecule has 1 aliphatic rings. The first kappa shape index (κ1) is 10.8. The van der Waals surface area contributed by atoms with Gasteiger partial charge in [-0.05, 0) is 23.6 Å². The molecular formula is C12H15N3O. The molecule has 0 saturated heterocycles. The fraction of sp³-hybridized carbons (Fsp3) is 0.333. The Morgan fingerprint density at radius 1 is 1.31 bits per heavy atom. The fourth-order valence-electron chi connectivity index (χ4n) is 1.68. The molecule has 0 amide bonds. The van der Waals surface area contributed by atoms with Crippen molar-refractivity contribution >= 4 is 11.5 Å². The maximum absolute atomic E-state index is 5.58. The van der Waals surface area contributed by atoms with Gasteiger partial charge in [-0.15, -0.1) is 5.10 Å². The van der Waals surface area contributed by atoms with Gasteiger partial charge in [-0.25, -0.2) is 0 Å². The molecule has 4 heteroatoms. The second kappa shape index (κ2) is 4.90. The average molecular weight is 217 g/mol. The van der Waals surface area contributed by atoms with Crippen LogP contribution in [-0.4, -0.2) is 18.7 Å². The summed E-state index contributed by atoms with van der Waals surface area (Å²) in [6, 6.07) is 8.16. The molecule has 0 spiro atoms. The van der Waals surface area contributed by atoms with Crippen LogP contribution in [0.15, 0.2) is 34.5 Å². The van der Waals surface area contributed by atoms with Crippen molar-refractivity contribution in [3.05, 3.63) is 35.4 Å². The highest BCUT2D eigenvalue weighted by atomic mass is 16.5. The van der Waals surface area contributed by atoms with Crippen LogP contribution in [0.4, 0.5) is 0 Å². The largest absolute Gasteiger partial charge is 0.386 e. The monoisotopic (exact) mass is 217 g/mol. The van der Waals surface area contributed by atoms with Crippen LogP contribution in [0.1, 0.15) is 24.0 Å². The molecule has 1 heterocycles. The van der Waals surface area contributed by atoms with E-state index in [0.717, 1.165) is 29.7 Å². The van der Waals surface area contributed by atoms with E-state index in [4.69, 9.17) is 10.5 Å².